The van der Waals surface area contributed by atoms with Crippen LogP contribution in [0.5, 0.6) is 0 Å². The summed E-state index contributed by atoms with van der Waals surface area (Å²) >= 11 is 6.11. The standard InChI is InChI=1S/C15H16ClN5/c1-2-20-11-17-9-13(20)10-18-14-8-12(16)4-5-15(14)21-7-3-6-19-21/h3-9,11,18H,2,10H2,1H3. The summed E-state index contributed by atoms with van der Waals surface area (Å²) in [6.45, 7) is 3.68. The van der Waals surface area contributed by atoms with E-state index in [4.69, 9.17) is 11.6 Å². The molecule has 0 aliphatic heterocycles. The summed E-state index contributed by atoms with van der Waals surface area (Å²) in [5, 5.41) is 8.38. The fraction of sp³-hybridized carbons (Fsp3) is 0.200. The maximum absolute atomic E-state index is 6.11. The highest BCUT2D eigenvalue weighted by Gasteiger charge is 2.07. The minimum Gasteiger partial charge on any atom is -0.378 e. The van der Waals surface area contributed by atoms with Gasteiger partial charge in [-0.25, -0.2) is 9.67 Å². The number of hydrogen-bond acceptors (Lipinski definition) is 3. The first kappa shape index (κ1) is 13.7. The molecule has 3 aromatic rings. The molecule has 2 aromatic heterocycles. The maximum atomic E-state index is 6.11. The van der Waals surface area contributed by atoms with Crippen LogP contribution in [0.4, 0.5) is 5.69 Å². The SMILES string of the molecule is CCn1cncc1CNc1cc(Cl)ccc1-n1cccn1. The minimum atomic E-state index is 0.683. The van der Waals surface area contributed by atoms with Crippen LogP contribution in [0.2, 0.25) is 5.02 Å². The third-order valence-electron chi connectivity index (χ3n) is 3.31. The lowest BCUT2D eigenvalue weighted by atomic mass is 10.2. The normalized spacial score (nSPS) is 10.8. The van der Waals surface area contributed by atoms with Gasteiger partial charge in [0, 0.05) is 30.2 Å². The molecule has 0 spiro atoms. The summed E-state index contributed by atoms with van der Waals surface area (Å²) in [5.41, 5.74) is 3.03. The molecule has 0 amide bonds. The summed E-state index contributed by atoms with van der Waals surface area (Å²) in [7, 11) is 0. The van der Waals surface area contributed by atoms with E-state index < -0.39 is 0 Å². The number of aryl methyl sites for hydroxylation is 1. The van der Waals surface area contributed by atoms with E-state index in [0.29, 0.717) is 11.6 Å². The first-order chi connectivity index (χ1) is 10.3. The van der Waals surface area contributed by atoms with Crippen molar-refractivity contribution in [1.82, 2.24) is 19.3 Å². The Labute approximate surface area is 128 Å². The van der Waals surface area contributed by atoms with Crippen LogP contribution < -0.4 is 5.32 Å². The second-order valence-corrected chi connectivity index (χ2v) is 5.07. The average molecular weight is 302 g/mol. The molecule has 0 saturated heterocycles. The third kappa shape index (κ3) is 2.92. The summed E-state index contributed by atoms with van der Waals surface area (Å²) in [6.07, 6.45) is 7.37. The lowest BCUT2D eigenvalue weighted by Gasteiger charge is -2.13. The molecule has 0 atom stereocenters. The van der Waals surface area contributed by atoms with Crippen molar-refractivity contribution in [2.24, 2.45) is 0 Å². The van der Waals surface area contributed by atoms with Crippen molar-refractivity contribution in [2.45, 2.75) is 20.0 Å². The van der Waals surface area contributed by atoms with Gasteiger partial charge in [-0.1, -0.05) is 11.6 Å². The van der Waals surface area contributed by atoms with Crippen LogP contribution in [-0.4, -0.2) is 19.3 Å². The van der Waals surface area contributed by atoms with E-state index in [-0.39, 0.29) is 0 Å². The molecule has 0 saturated carbocycles. The fourth-order valence-corrected chi connectivity index (χ4v) is 2.40. The van der Waals surface area contributed by atoms with Crippen molar-refractivity contribution in [2.75, 3.05) is 5.32 Å². The molecule has 0 bridgehead atoms. The van der Waals surface area contributed by atoms with Crippen LogP contribution in [0, 0.1) is 0 Å². The van der Waals surface area contributed by atoms with E-state index in [1.165, 1.54) is 0 Å². The van der Waals surface area contributed by atoms with E-state index in [9.17, 15) is 0 Å². The molecule has 2 heterocycles. The largest absolute Gasteiger partial charge is 0.378 e. The van der Waals surface area contributed by atoms with Crippen LogP contribution in [0.25, 0.3) is 5.69 Å². The third-order valence-corrected chi connectivity index (χ3v) is 3.54. The maximum Gasteiger partial charge on any atom is 0.0948 e. The molecular formula is C15H16ClN5. The van der Waals surface area contributed by atoms with Crippen LogP contribution in [-0.2, 0) is 13.1 Å². The molecule has 21 heavy (non-hydrogen) atoms. The van der Waals surface area contributed by atoms with Crippen molar-refractivity contribution in [3.8, 4) is 5.69 Å². The van der Waals surface area contributed by atoms with Crippen LogP contribution in [0.1, 0.15) is 12.6 Å². The number of rotatable bonds is 5. The number of nitrogens with zero attached hydrogens (tertiary/aromatic N) is 4. The van der Waals surface area contributed by atoms with E-state index in [0.717, 1.165) is 23.6 Å². The number of aromatic nitrogens is 4. The Kier molecular flexibility index (Phi) is 3.92. The molecule has 0 aliphatic carbocycles. The van der Waals surface area contributed by atoms with E-state index >= 15 is 0 Å². The number of benzene rings is 1. The van der Waals surface area contributed by atoms with Gasteiger partial charge in [-0.2, -0.15) is 5.10 Å². The Morgan fingerprint density at radius 3 is 3.00 bits per heavy atom. The van der Waals surface area contributed by atoms with Gasteiger partial charge in [0.1, 0.15) is 0 Å². The summed E-state index contributed by atoms with van der Waals surface area (Å²) in [4.78, 5) is 4.17. The van der Waals surface area contributed by atoms with Crippen molar-refractivity contribution in [3.63, 3.8) is 0 Å². The zero-order chi connectivity index (χ0) is 14.7. The van der Waals surface area contributed by atoms with E-state index in [1.807, 2.05) is 47.7 Å². The van der Waals surface area contributed by atoms with Crippen LogP contribution >= 0.6 is 11.6 Å². The number of hydrogen-bond donors (Lipinski definition) is 1. The van der Waals surface area contributed by atoms with Gasteiger partial charge < -0.3 is 9.88 Å². The lowest BCUT2D eigenvalue weighted by molar-refractivity contribution is 0.719. The lowest BCUT2D eigenvalue weighted by Crippen LogP contribution is -2.08. The van der Waals surface area contributed by atoms with Crippen molar-refractivity contribution < 1.29 is 0 Å². The number of anilines is 1. The highest BCUT2D eigenvalue weighted by Crippen LogP contribution is 2.24. The molecular weight excluding hydrogens is 286 g/mol. The summed E-state index contributed by atoms with van der Waals surface area (Å²) < 4.78 is 3.92. The smallest absolute Gasteiger partial charge is 0.0948 e. The fourth-order valence-electron chi connectivity index (χ4n) is 2.23. The average Bonchev–Trinajstić information content (AvgIpc) is 3.16. The van der Waals surface area contributed by atoms with Gasteiger partial charge in [-0.3, -0.25) is 0 Å². The second-order valence-electron chi connectivity index (χ2n) is 4.64. The Bertz CT molecular complexity index is 718. The predicted octanol–water partition coefficient (Wildman–Crippen LogP) is 3.35. The van der Waals surface area contributed by atoms with Gasteiger partial charge in [0.25, 0.3) is 0 Å². The molecule has 6 heteroatoms. The van der Waals surface area contributed by atoms with Gasteiger partial charge in [-0.05, 0) is 31.2 Å². The van der Waals surface area contributed by atoms with Crippen LogP contribution in [0.15, 0.2) is 49.2 Å². The van der Waals surface area contributed by atoms with Gasteiger partial charge in [0.2, 0.25) is 0 Å². The number of nitrogens with one attached hydrogen (secondary N) is 1. The van der Waals surface area contributed by atoms with Crippen LogP contribution in [0.3, 0.4) is 0 Å². The zero-order valence-electron chi connectivity index (χ0n) is 11.7. The Morgan fingerprint density at radius 1 is 1.33 bits per heavy atom. The van der Waals surface area contributed by atoms with Gasteiger partial charge in [0.15, 0.2) is 0 Å². The number of halogens is 1. The monoisotopic (exact) mass is 301 g/mol. The van der Waals surface area contributed by atoms with Crippen molar-refractivity contribution in [3.05, 3.63) is 59.9 Å². The first-order valence-electron chi connectivity index (χ1n) is 6.80. The Hall–Kier alpha value is -2.27. The molecule has 1 N–H and O–H groups in total. The first-order valence-corrected chi connectivity index (χ1v) is 7.18. The highest BCUT2D eigenvalue weighted by atomic mass is 35.5. The topological polar surface area (TPSA) is 47.7 Å². The Balaban J connectivity index is 1.86. The van der Waals surface area contributed by atoms with Gasteiger partial charge in [0.05, 0.1) is 29.9 Å². The van der Waals surface area contributed by atoms with E-state index in [2.05, 4.69) is 26.9 Å². The van der Waals surface area contributed by atoms with Crippen molar-refractivity contribution in [1.29, 1.82) is 0 Å². The Morgan fingerprint density at radius 2 is 2.24 bits per heavy atom. The molecule has 108 valence electrons. The predicted molar refractivity (Wildman–Crippen MR) is 83.8 cm³/mol. The molecule has 0 aliphatic rings. The molecule has 5 nitrogen and oxygen atoms in total. The minimum absolute atomic E-state index is 0.683. The molecule has 0 unspecified atom stereocenters. The quantitative estimate of drug-likeness (QED) is 0.786. The molecule has 3 rings (SSSR count). The van der Waals surface area contributed by atoms with Crippen molar-refractivity contribution >= 4 is 17.3 Å². The summed E-state index contributed by atoms with van der Waals surface area (Å²) in [6, 6.07) is 7.62. The number of imidazole rings is 1. The molecule has 1 aromatic carbocycles. The molecule has 0 fully saturated rings. The van der Waals surface area contributed by atoms with Gasteiger partial charge in [-0.15, -0.1) is 0 Å². The second kappa shape index (κ2) is 6.01. The highest BCUT2D eigenvalue weighted by molar-refractivity contribution is 6.31. The molecule has 0 radical (unpaired) electrons. The summed E-state index contributed by atoms with van der Waals surface area (Å²) in [5.74, 6) is 0. The zero-order valence-corrected chi connectivity index (χ0v) is 12.5. The van der Waals surface area contributed by atoms with E-state index in [1.54, 1.807) is 6.20 Å². The van der Waals surface area contributed by atoms with Gasteiger partial charge >= 0.3 is 0 Å².